The molecule has 4 heteroatoms. The molecule has 1 N–H and O–H groups in total. The van der Waals surface area contributed by atoms with Crippen LogP contribution in [0, 0.1) is 0 Å². The van der Waals surface area contributed by atoms with E-state index in [0.29, 0.717) is 11.2 Å². The maximum atomic E-state index is 11.4. The highest BCUT2D eigenvalue weighted by Crippen LogP contribution is 2.14. The van der Waals surface area contributed by atoms with Gasteiger partial charge in [0.15, 0.2) is 0 Å². The summed E-state index contributed by atoms with van der Waals surface area (Å²) in [4.78, 5) is 12.0. The molecule has 1 rings (SSSR count). The van der Waals surface area contributed by atoms with Gasteiger partial charge in [-0.3, -0.25) is 4.79 Å². The van der Waals surface area contributed by atoms with Gasteiger partial charge in [0.25, 0.3) is 0 Å². The third kappa shape index (κ3) is 6.15. The summed E-state index contributed by atoms with van der Waals surface area (Å²) in [5.41, 5.74) is 0. The Hall–Kier alpha value is -0.0900. The van der Waals surface area contributed by atoms with Gasteiger partial charge < -0.3 is 10.1 Å². The van der Waals surface area contributed by atoms with Crippen molar-refractivity contribution in [2.45, 2.75) is 50.0 Å². The van der Waals surface area contributed by atoms with E-state index in [9.17, 15) is 4.79 Å². The molecule has 1 amide bonds. The van der Waals surface area contributed by atoms with Crippen LogP contribution < -0.4 is 5.32 Å². The first-order valence-electron chi connectivity index (χ1n) is 5.71. The second kappa shape index (κ2) is 7.23. The first kappa shape index (κ1) is 13.0. The molecule has 0 saturated carbocycles. The minimum atomic E-state index is 0.129. The molecular weight excluding hydrogens is 258 g/mol. The Bertz CT molecular complexity index is 191. The fourth-order valence-electron chi connectivity index (χ4n) is 1.70. The van der Waals surface area contributed by atoms with Crippen molar-refractivity contribution in [1.29, 1.82) is 0 Å². The smallest absolute Gasteiger partial charge is 0.222 e. The Morgan fingerprint density at radius 2 is 2.47 bits per heavy atom. The van der Waals surface area contributed by atoms with Gasteiger partial charge in [-0.05, 0) is 25.7 Å². The summed E-state index contributed by atoms with van der Waals surface area (Å²) in [7, 11) is 0. The molecule has 15 heavy (non-hydrogen) atoms. The topological polar surface area (TPSA) is 38.3 Å². The summed E-state index contributed by atoms with van der Waals surface area (Å²) in [5.74, 6) is 0.129. The zero-order valence-corrected chi connectivity index (χ0v) is 10.9. The molecule has 88 valence electrons. The van der Waals surface area contributed by atoms with E-state index in [-0.39, 0.29) is 12.0 Å². The molecule has 0 bridgehead atoms. The highest BCUT2D eigenvalue weighted by molar-refractivity contribution is 9.09. The van der Waals surface area contributed by atoms with Crippen LogP contribution in [0.25, 0.3) is 0 Å². The number of rotatable bonds is 6. The summed E-state index contributed by atoms with van der Waals surface area (Å²) >= 11 is 3.48. The lowest BCUT2D eigenvalue weighted by Crippen LogP contribution is -2.28. The maximum absolute atomic E-state index is 11.4. The van der Waals surface area contributed by atoms with Crippen LogP contribution in [0.2, 0.25) is 0 Å². The molecule has 1 aliphatic rings. The zero-order chi connectivity index (χ0) is 11.1. The molecule has 0 aliphatic carbocycles. The number of hydrogen-bond acceptors (Lipinski definition) is 2. The number of nitrogens with one attached hydrogen (secondary N) is 1. The van der Waals surface area contributed by atoms with Crippen molar-refractivity contribution in [3.05, 3.63) is 0 Å². The summed E-state index contributed by atoms with van der Waals surface area (Å²) in [6, 6.07) is 0. The number of carbonyl (C=O) groups excluding carboxylic acids is 1. The minimum Gasteiger partial charge on any atom is -0.378 e. The molecule has 1 fully saturated rings. The normalized spacial score (nSPS) is 22.7. The number of hydrogen-bond donors (Lipinski definition) is 1. The predicted octanol–water partition coefficient (Wildman–Crippen LogP) is 2.24. The van der Waals surface area contributed by atoms with Crippen molar-refractivity contribution < 1.29 is 9.53 Å². The van der Waals surface area contributed by atoms with Gasteiger partial charge in [0, 0.05) is 18.0 Å². The van der Waals surface area contributed by atoms with Gasteiger partial charge in [-0.15, -0.1) is 0 Å². The zero-order valence-electron chi connectivity index (χ0n) is 9.30. The van der Waals surface area contributed by atoms with Gasteiger partial charge in [0.1, 0.15) is 0 Å². The number of ether oxygens (including phenoxy) is 1. The Balaban J connectivity index is 1.98. The molecule has 1 saturated heterocycles. The highest BCUT2D eigenvalue weighted by atomic mass is 79.9. The highest BCUT2D eigenvalue weighted by Gasteiger charge is 2.18. The lowest BCUT2D eigenvalue weighted by Gasteiger charge is -2.10. The van der Waals surface area contributed by atoms with Crippen molar-refractivity contribution in [3.63, 3.8) is 0 Å². The van der Waals surface area contributed by atoms with Gasteiger partial charge in [0.05, 0.1) is 12.5 Å². The molecule has 2 atom stereocenters. The lowest BCUT2D eigenvalue weighted by atomic mass is 10.2. The molecule has 2 unspecified atom stereocenters. The average Bonchev–Trinajstić information content (AvgIpc) is 2.64. The lowest BCUT2D eigenvalue weighted by molar-refractivity contribution is -0.123. The van der Waals surface area contributed by atoms with E-state index in [1.54, 1.807) is 0 Å². The Morgan fingerprint density at radius 3 is 3.07 bits per heavy atom. The predicted molar refractivity (Wildman–Crippen MR) is 64.2 cm³/mol. The molecule has 1 aliphatic heterocycles. The fraction of sp³-hybridized carbons (Fsp3) is 0.909. The second-order valence-electron chi connectivity index (χ2n) is 4.11. The van der Waals surface area contributed by atoms with Crippen LogP contribution in [-0.4, -0.2) is 30.0 Å². The number of alkyl halides is 1. The van der Waals surface area contributed by atoms with Crippen LogP contribution in [-0.2, 0) is 9.53 Å². The number of halogens is 1. The molecule has 1 heterocycles. The SMILES string of the molecule is CC(Br)CCCNC(=O)CC1CCCO1. The van der Waals surface area contributed by atoms with Gasteiger partial charge in [-0.1, -0.05) is 22.9 Å². The Kier molecular flexibility index (Phi) is 6.25. The summed E-state index contributed by atoms with van der Waals surface area (Å²) < 4.78 is 5.40. The quantitative estimate of drug-likeness (QED) is 0.597. The van der Waals surface area contributed by atoms with Gasteiger partial charge >= 0.3 is 0 Å². The summed E-state index contributed by atoms with van der Waals surface area (Å²) in [6.07, 6.45) is 4.96. The Morgan fingerprint density at radius 1 is 1.67 bits per heavy atom. The summed E-state index contributed by atoms with van der Waals surface area (Å²) in [6.45, 7) is 3.72. The van der Waals surface area contributed by atoms with E-state index < -0.39 is 0 Å². The first-order chi connectivity index (χ1) is 7.18. The van der Waals surface area contributed by atoms with Crippen LogP contribution in [0.3, 0.4) is 0 Å². The van der Waals surface area contributed by atoms with Crippen LogP contribution in [0.1, 0.15) is 39.0 Å². The van der Waals surface area contributed by atoms with Crippen molar-refractivity contribution in [2.75, 3.05) is 13.2 Å². The van der Waals surface area contributed by atoms with Gasteiger partial charge in [-0.25, -0.2) is 0 Å². The van der Waals surface area contributed by atoms with Crippen molar-refractivity contribution >= 4 is 21.8 Å². The van der Waals surface area contributed by atoms with Crippen LogP contribution in [0.4, 0.5) is 0 Å². The molecule has 0 radical (unpaired) electrons. The van der Waals surface area contributed by atoms with E-state index in [2.05, 4.69) is 28.2 Å². The van der Waals surface area contributed by atoms with Crippen molar-refractivity contribution in [1.82, 2.24) is 5.32 Å². The van der Waals surface area contributed by atoms with E-state index in [1.165, 1.54) is 0 Å². The molecule has 0 spiro atoms. The van der Waals surface area contributed by atoms with Crippen LogP contribution in [0.15, 0.2) is 0 Å². The maximum Gasteiger partial charge on any atom is 0.222 e. The monoisotopic (exact) mass is 277 g/mol. The molecule has 0 aromatic carbocycles. The minimum absolute atomic E-state index is 0.129. The van der Waals surface area contributed by atoms with Crippen LogP contribution in [0.5, 0.6) is 0 Å². The second-order valence-corrected chi connectivity index (χ2v) is 5.68. The standard InChI is InChI=1S/C11H20BrNO2/c1-9(12)4-2-6-13-11(14)8-10-5-3-7-15-10/h9-10H,2-8H2,1H3,(H,13,14). The van der Waals surface area contributed by atoms with E-state index >= 15 is 0 Å². The average molecular weight is 278 g/mol. The van der Waals surface area contributed by atoms with Crippen LogP contribution >= 0.6 is 15.9 Å². The third-order valence-corrected chi connectivity index (χ3v) is 3.00. The largest absolute Gasteiger partial charge is 0.378 e. The third-order valence-electron chi connectivity index (χ3n) is 2.54. The van der Waals surface area contributed by atoms with E-state index in [0.717, 1.165) is 38.8 Å². The van der Waals surface area contributed by atoms with Crippen molar-refractivity contribution in [3.8, 4) is 0 Å². The van der Waals surface area contributed by atoms with Crippen molar-refractivity contribution in [2.24, 2.45) is 0 Å². The number of amides is 1. The van der Waals surface area contributed by atoms with E-state index in [4.69, 9.17) is 4.74 Å². The van der Waals surface area contributed by atoms with Gasteiger partial charge in [0.2, 0.25) is 5.91 Å². The molecule has 3 nitrogen and oxygen atoms in total. The van der Waals surface area contributed by atoms with E-state index in [1.807, 2.05) is 0 Å². The Labute approximate surface area is 100 Å². The summed E-state index contributed by atoms with van der Waals surface area (Å²) in [5, 5.41) is 2.93. The fourth-order valence-corrected chi connectivity index (χ4v) is 2.02. The number of carbonyl (C=O) groups is 1. The molecule has 0 aromatic heterocycles. The molecule has 0 aromatic rings. The molecular formula is C11H20BrNO2. The van der Waals surface area contributed by atoms with Gasteiger partial charge in [-0.2, -0.15) is 0 Å². The first-order valence-corrected chi connectivity index (χ1v) is 6.62.